The van der Waals surface area contributed by atoms with Gasteiger partial charge in [0.15, 0.2) is 0 Å². The van der Waals surface area contributed by atoms with Crippen molar-refractivity contribution >= 4 is 0 Å². The Morgan fingerprint density at radius 1 is 1.25 bits per heavy atom. The predicted molar refractivity (Wildman–Crippen MR) is 90.6 cm³/mol. The Labute approximate surface area is 142 Å². The zero-order valence-electron chi connectivity index (χ0n) is 14.4. The number of hydrogen-bond acceptors (Lipinski definition) is 4. The minimum absolute atomic E-state index is 0.236. The molecule has 0 bridgehead atoms. The van der Waals surface area contributed by atoms with Crippen LogP contribution in [0.5, 0.6) is 5.75 Å². The number of likely N-dealkylation sites (tertiary alicyclic amines) is 1. The third kappa shape index (κ3) is 4.54. The first-order valence-electron chi connectivity index (χ1n) is 8.59. The predicted octanol–water partition coefficient (Wildman–Crippen LogP) is 2.83. The van der Waals surface area contributed by atoms with Crippen LogP contribution in [0, 0.1) is 25.6 Å². The molecular weight excluding hydrogens is 307 g/mol. The quantitative estimate of drug-likeness (QED) is 0.816. The first-order valence-corrected chi connectivity index (χ1v) is 8.59. The third-order valence-electron chi connectivity index (χ3n) is 4.49. The first-order chi connectivity index (χ1) is 11.6. The van der Waals surface area contributed by atoms with Gasteiger partial charge in [-0.25, -0.2) is 14.1 Å². The number of benzene rings is 1. The lowest BCUT2D eigenvalue weighted by atomic mass is 9.98. The standard InChI is InChI=1S/C18H25FN4O/c1-14-20-15(2)23(21-14)13-16-4-3-9-22(12-16)10-11-24-18-7-5-17(19)6-8-18/h5-8,16H,3-4,9-13H2,1-2H3/t16-/m1/s1. The minimum atomic E-state index is -0.236. The number of aryl methyl sites for hydroxylation is 2. The minimum Gasteiger partial charge on any atom is -0.492 e. The molecule has 1 aromatic carbocycles. The van der Waals surface area contributed by atoms with Gasteiger partial charge in [0.2, 0.25) is 0 Å². The smallest absolute Gasteiger partial charge is 0.147 e. The number of aromatic nitrogens is 3. The number of halogens is 1. The summed E-state index contributed by atoms with van der Waals surface area (Å²) in [7, 11) is 0. The topological polar surface area (TPSA) is 43.2 Å². The molecule has 1 fully saturated rings. The second-order valence-corrected chi connectivity index (χ2v) is 6.50. The van der Waals surface area contributed by atoms with Gasteiger partial charge in [-0.15, -0.1) is 0 Å². The van der Waals surface area contributed by atoms with Crippen LogP contribution < -0.4 is 4.74 Å². The summed E-state index contributed by atoms with van der Waals surface area (Å²) in [6.45, 7) is 8.56. The fourth-order valence-corrected chi connectivity index (χ4v) is 3.31. The molecule has 3 rings (SSSR count). The SMILES string of the molecule is Cc1nc(C)n(C[C@@H]2CCCN(CCOc3ccc(F)cc3)C2)n1. The molecule has 0 unspecified atom stereocenters. The molecule has 0 radical (unpaired) electrons. The van der Waals surface area contributed by atoms with Crippen LogP contribution in [0.2, 0.25) is 0 Å². The Hall–Kier alpha value is -1.95. The van der Waals surface area contributed by atoms with Crippen molar-refractivity contribution in [3.8, 4) is 5.75 Å². The number of rotatable bonds is 6. The summed E-state index contributed by atoms with van der Waals surface area (Å²) < 4.78 is 20.6. The Bertz CT molecular complexity index is 656. The maximum absolute atomic E-state index is 12.9. The van der Waals surface area contributed by atoms with E-state index in [-0.39, 0.29) is 5.82 Å². The highest BCUT2D eigenvalue weighted by molar-refractivity contribution is 5.21. The first kappa shape index (κ1) is 16.9. The van der Waals surface area contributed by atoms with Crippen LogP contribution in [0.15, 0.2) is 24.3 Å². The van der Waals surface area contributed by atoms with Crippen molar-refractivity contribution in [2.24, 2.45) is 5.92 Å². The molecule has 24 heavy (non-hydrogen) atoms. The molecule has 2 heterocycles. The monoisotopic (exact) mass is 332 g/mol. The van der Waals surface area contributed by atoms with Gasteiger partial charge in [0.25, 0.3) is 0 Å². The van der Waals surface area contributed by atoms with Crippen LogP contribution in [-0.2, 0) is 6.54 Å². The molecule has 2 aromatic rings. The van der Waals surface area contributed by atoms with Crippen molar-refractivity contribution in [2.45, 2.75) is 33.2 Å². The fourth-order valence-electron chi connectivity index (χ4n) is 3.31. The Morgan fingerprint density at radius 2 is 2.04 bits per heavy atom. The molecule has 1 atom stereocenters. The second kappa shape index (κ2) is 7.75. The molecule has 0 N–H and O–H groups in total. The molecular formula is C18H25FN4O. The zero-order valence-corrected chi connectivity index (χ0v) is 14.4. The molecule has 1 saturated heterocycles. The molecule has 5 nitrogen and oxygen atoms in total. The average Bonchev–Trinajstić information content (AvgIpc) is 2.87. The molecule has 1 aliphatic rings. The highest BCUT2D eigenvalue weighted by Gasteiger charge is 2.21. The lowest BCUT2D eigenvalue weighted by Crippen LogP contribution is -2.39. The van der Waals surface area contributed by atoms with Gasteiger partial charge in [-0.05, 0) is 63.4 Å². The van der Waals surface area contributed by atoms with E-state index < -0.39 is 0 Å². The van der Waals surface area contributed by atoms with Crippen molar-refractivity contribution in [2.75, 3.05) is 26.2 Å². The Kier molecular flexibility index (Phi) is 5.45. The van der Waals surface area contributed by atoms with E-state index in [1.807, 2.05) is 18.5 Å². The Balaban J connectivity index is 1.45. The average molecular weight is 332 g/mol. The van der Waals surface area contributed by atoms with E-state index >= 15 is 0 Å². The Morgan fingerprint density at radius 3 is 2.75 bits per heavy atom. The second-order valence-electron chi connectivity index (χ2n) is 6.50. The van der Waals surface area contributed by atoms with Crippen LogP contribution in [-0.4, -0.2) is 45.9 Å². The van der Waals surface area contributed by atoms with Crippen molar-refractivity contribution < 1.29 is 9.13 Å². The van der Waals surface area contributed by atoms with Crippen molar-refractivity contribution in [3.63, 3.8) is 0 Å². The van der Waals surface area contributed by atoms with Crippen LogP contribution in [0.25, 0.3) is 0 Å². The van der Waals surface area contributed by atoms with Gasteiger partial charge in [-0.1, -0.05) is 0 Å². The molecule has 1 aromatic heterocycles. The van der Waals surface area contributed by atoms with Gasteiger partial charge in [0.05, 0.1) is 0 Å². The van der Waals surface area contributed by atoms with Gasteiger partial charge < -0.3 is 4.74 Å². The summed E-state index contributed by atoms with van der Waals surface area (Å²) in [6, 6.07) is 6.19. The molecule has 0 spiro atoms. The molecule has 1 aliphatic heterocycles. The third-order valence-corrected chi connectivity index (χ3v) is 4.49. The van der Waals surface area contributed by atoms with E-state index in [0.29, 0.717) is 12.5 Å². The maximum atomic E-state index is 12.9. The fraction of sp³-hybridized carbons (Fsp3) is 0.556. The van der Waals surface area contributed by atoms with Crippen molar-refractivity contribution in [1.29, 1.82) is 0 Å². The molecule has 6 heteroatoms. The van der Waals surface area contributed by atoms with Crippen molar-refractivity contribution in [1.82, 2.24) is 19.7 Å². The van der Waals surface area contributed by atoms with Gasteiger partial charge >= 0.3 is 0 Å². The van der Waals surface area contributed by atoms with Crippen molar-refractivity contribution in [3.05, 3.63) is 41.7 Å². The van der Waals surface area contributed by atoms with E-state index in [2.05, 4.69) is 15.0 Å². The molecule has 0 saturated carbocycles. The van der Waals surface area contributed by atoms with Crippen LogP contribution in [0.4, 0.5) is 4.39 Å². The van der Waals surface area contributed by atoms with Gasteiger partial charge in [-0.3, -0.25) is 4.90 Å². The van der Waals surface area contributed by atoms with Crippen LogP contribution in [0.1, 0.15) is 24.5 Å². The normalized spacial score (nSPS) is 18.7. The summed E-state index contributed by atoms with van der Waals surface area (Å²) in [5.74, 6) is 2.92. The number of ether oxygens (including phenoxy) is 1. The van der Waals surface area contributed by atoms with E-state index in [1.54, 1.807) is 12.1 Å². The zero-order chi connectivity index (χ0) is 16.9. The van der Waals surface area contributed by atoms with Gasteiger partial charge in [-0.2, -0.15) is 5.10 Å². The highest BCUT2D eigenvalue weighted by Crippen LogP contribution is 2.19. The highest BCUT2D eigenvalue weighted by atomic mass is 19.1. The molecule has 0 amide bonds. The van der Waals surface area contributed by atoms with E-state index in [9.17, 15) is 4.39 Å². The van der Waals surface area contributed by atoms with E-state index in [0.717, 1.165) is 43.6 Å². The lowest BCUT2D eigenvalue weighted by molar-refractivity contribution is 0.136. The number of nitrogens with zero attached hydrogens (tertiary/aromatic N) is 4. The van der Waals surface area contributed by atoms with E-state index in [1.165, 1.54) is 25.0 Å². The summed E-state index contributed by atoms with van der Waals surface area (Å²) in [4.78, 5) is 6.82. The molecule has 130 valence electrons. The largest absolute Gasteiger partial charge is 0.492 e. The number of hydrogen-bond donors (Lipinski definition) is 0. The lowest BCUT2D eigenvalue weighted by Gasteiger charge is -2.32. The van der Waals surface area contributed by atoms with E-state index in [4.69, 9.17) is 4.74 Å². The summed E-state index contributed by atoms with van der Waals surface area (Å²) in [5, 5.41) is 4.47. The maximum Gasteiger partial charge on any atom is 0.147 e. The van der Waals surface area contributed by atoms with Gasteiger partial charge in [0.1, 0.15) is 29.8 Å². The van der Waals surface area contributed by atoms with Crippen LogP contribution >= 0.6 is 0 Å². The van der Waals surface area contributed by atoms with Crippen LogP contribution in [0.3, 0.4) is 0 Å². The molecule has 0 aliphatic carbocycles. The summed E-state index contributed by atoms with van der Waals surface area (Å²) >= 11 is 0. The van der Waals surface area contributed by atoms with Gasteiger partial charge in [0, 0.05) is 19.6 Å². The summed E-state index contributed by atoms with van der Waals surface area (Å²) in [5.41, 5.74) is 0. The summed E-state index contributed by atoms with van der Waals surface area (Å²) in [6.07, 6.45) is 2.43. The number of piperidine rings is 1.